The summed E-state index contributed by atoms with van der Waals surface area (Å²) in [5, 5.41) is 6.77. The summed E-state index contributed by atoms with van der Waals surface area (Å²) in [7, 11) is 0. The van der Waals surface area contributed by atoms with Crippen molar-refractivity contribution in [3.63, 3.8) is 0 Å². The molecule has 106 valence electrons. The van der Waals surface area contributed by atoms with Gasteiger partial charge in [0.2, 0.25) is 5.91 Å². The van der Waals surface area contributed by atoms with Gasteiger partial charge in [-0.15, -0.1) is 0 Å². The smallest absolute Gasteiger partial charge is 0.222 e. The van der Waals surface area contributed by atoms with Crippen LogP contribution in [0.1, 0.15) is 6.92 Å². The Hall–Kier alpha value is -2.48. The first-order chi connectivity index (χ1) is 10.1. The van der Waals surface area contributed by atoms with E-state index >= 15 is 0 Å². The van der Waals surface area contributed by atoms with Crippen molar-refractivity contribution < 1.29 is 4.79 Å². The summed E-state index contributed by atoms with van der Waals surface area (Å²) in [6.07, 6.45) is 3.06. The topological polar surface area (TPSA) is 98.2 Å². The van der Waals surface area contributed by atoms with Gasteiger partial charge in [0.15, 0.2) is 5.82 Å². The number of halogens is 1. The van der Waals surface area contributed by atoms with Crippen LogP contribution in [0.25, 0.3) is 16.6 Å². The fraction of sp³-hybridized carbons (Fsp3) is 0.0769. The van der Waals surface area contributed by atoms with Gasteiger partial charge in [-0.2, -0.15) is 5.10 Å². The monoisotopic (exact) mass is 346 g/mol. The highest BCUT2D eigenvalue weighted by Crippen LogP contribution is 2.32. The highest BCUT2D eigenvalue weighted by Gasteiger charge is 2.14. The van der Waals surface area contributed by atoms with Crippen LogP contribution >= 0.6 is 15.9 Å². The SMILES string of the molecule is CC(=O)Nc1ccc(-c2cc(Br)n3ncnc(N)c23)cn1. The van der Waals surface area contributed by atoms with Crippen LogP contribution in [0.4, 0.5) is 11.6 Å². The lowest BCUT2D eigenvalue weighted by Gasteiger charge is -2.04. The number of nitrogens with one attached hydrogen (secondary N) is 1. The van der Waals surface area contributed by atoms with E-state index < -0.39 is 0 Å². The summed E-state index contributed by atoms with van der Waals surface area (Å²) in [5.41, 5.74) is 8.36. The van der Waals surface area contributed by atoms with Crippen LogP contribution < -0.4 is 11.1 Å². The van der Waals surface area contributed by atoms with Gasteiger partial charge in [-0.25, -0.2) is 14.5 Å². The zero-order valence-corrected chi connectivity index (χ0v) is 12.6. The van der Waals surface area contributed by atoms with Crippen LogP contribution in [0, 0.1) is 0 Å². The van der Waals surface area contributed by atoms with E-state index in [1.807, 2.05) is 12.1 Å². The molecule has 0 aromatic carbocycles. The molecule has 0 fully saturated rings. The molecule has 7 nitrogen and oxygen atoms in total. The minimum Gasteiger partial charge on any atom is -0.382 e. The van der Waals surface area contributed by atoms with E-state index in [1.54, 1.807) is 16.8 Å². The number of fused-ring (bicyclic) bond motifs is 1. The van der Waals surface area contributed by atoms with E-state index in [0.29, 0.717) is 17.2 Å². The van der Waals surface area contributed by atoms with Crippen LogP contribution in [-0.2, 0) is 4.79 Å². The third-order valence-corrected chi connectivity index (χ3v) is 3.48. The third kappa shape index (κ3) is 2.45. The van der Waals surface area contributed by atoms with Crippen LogP contribution in [0.5, 0.6) is 0 Å². The Bertz CT molecular complexity index is 827. The fourth-order valence-corrected chi connectivity index (χ4v) is 2.56. The molecule has 3 aromatic rings. The van der Waals surface area contributed by atoms with Gasteiger partial charge in [-0.05, 0) is 34.1 Å². The van der Waals surface area contributed by atoms with Gasteiger partial charge < -0.3 is 11.1 Å². The van der Waals surface area contributed by atoms with E-state index in [1.165, 1.54) is 13.3 Å². The van der Waals surface area contributed by atoms with Crippen molar-refractivity contribution in [2.75, 3.05) is 11.1 Å². The number of hydrogen-bond donors (Lipinski definition) is 2. The van der Waals surface area contributed by atoms with E-state index in [4.69, 9.17) is 5.73 Å². The standard InChI is InChI=1S/C13H11BrN6O/c1-7(21)19-11-3-2-8(5-16-11)9-4-10(14)20-12(9)13(15)17-6-18-20/h2-6H,1H3,(H2,15,17,18)(H,16,19,21). The molecule has 3 N–H and O–H groups in total. The van der Waals surface area contributed by atoms with Crippen molar-refractivity contribution in [3.8, 4) is 11.1 Å². The van der Waals surface area contributed by atoms with Crippen LogP contribution in [0.15, 0.2) is 35.3 Å². The second-order valence-corrected chi connectivity index (χ2v) is 5.21. The van der Waals surface area contributed by atoms with Gasteiger partial charge >= 0.3 is 0 Å². The lowest BCUT2D eigenvalue weighted by molar-refractivity contribution is -0.114. The average molecular weight is 347 g/mol. The molecule has 0 atom stereocenters. The summed E-state index contributed by atoms with van der Waals surface area (Å²) in [6.45, 7) is 1.44. The molecule has 8 heteroatoms. The Balaban J connectivity index is 2.10. The molecule has 0 radical (unpaired) electrons. The normalized spacial score (nSPS) is 10.8. The van der Waals surface area contributed by atoms with Crippen molar-refractivity contribution >= 4 is 39.0 Å². The second kappa shape index (κ2) is 5.13. The summed E-state index contributed by atoms with van der Waals surface area (Å²) < 4.78 is 2.44. The van der Waals surface area contributed by atoms with Crippen molar-refractivity contribution in [2.45, 2.75) is 6.92 Å². The van der Waals surface area contributed by atoms with Gasteiger partial charge in [0.1, 0.15) is 22.3 Å². The van der Waals surface area contributed by atoms with Gasteiger partial charge in [0.25, 0.3) is 0 Å². The Kier molecular flexibility index (Phi) is 3.30. The van der Waals surface area contributed by atoms with Crippen molar-refractivity contribution in [3.05, 3.63) is 35.3 Å². The molecule has 0 saturated heterocycles. The first-order valence-electron chi connectivity index (χ1n) is 6.08. The zero-order chi connectivity index (χ0) is 15.0. The highest BCUT2D eigenvalue weighted by molar-refractivity contribution is 9.10. The first kappa shape index (κ1) is 13.5. The van der Waals surface area contributed by atoms with Crippen LogP contribution in [-0.4, -0.2) is 25.5 Å². The predicted molar refractivity (Wildman–Crippen MR) is 82.6 cm³/mol. The molecular formula is C13H11BrN6O. The number of nitrogen functional groups attached to an aromatic ring is 1. The number of aromatic nitrogens is 4. The zero-order valence-electron chi connectivity index (χ0n) is 11.0. The quantitative estimate of drug-likeness (QED) is 0.740. The molecule has 1 amide bonds. The Morgan fingerprint density at radius 3 is 2.86 bits per heavy atom. The molecule has 3 rings (SSSR count). The molecular weight excluding hydrogens is 336 g/mol. The highest BCUT2D eigenvalue weighted by atomic mass is 79.9. The lowest BCUT2D eigenvalue weighted by Crippen LogP contribution is -2.06. The summed E-state index contributed by atoms with van der Waals surface area (Å²) >= 11 is 3.44. The van der Waals surface area contributed by atoms with Crippen molar-refractivity contribution in [2.24, 2.45) is 0 Å². The molecule has 21 heavy (non-hydrogen) atoms. The number of pyridine rings is 1. The van der Waals surface area contributed by atoms with E-state index in [-0.39, 0.29) is 5.91 Å². The maximum Gasteiger partial charge on any atom is 0.222 e. The second-order valence-electron chi connectivity index (χ2n) is 4.40. The molecule has 0 aliphatic carbocycles. The van der Waals surface area contributed by atoms with Crippen LogP contribution in [0.3, 0.4) is 0 Å². The summed E-state index contributed by atoms with van der Waals surface area (Å²) in [4.78, 5) is 19.2. The Labute approximate surface area is 128 Å². The number of carbonyl (C=O) groups is 1. The Morgan fingerprint density at radius 2 is 2.19 bits per heavy atom. The molecule has 0 spiro atoms. The minimum atomic E-state index is -0.162. The van der Waals surface area contributed by atoms with E-state index in [9.17, 15) is 4.79 Å². The lowest BCUT2D eigenvalue weighted by atomic mass is 10.1. The van der Waals surface area contributed by atoms with E-state index in [2.05, 4.69) is 36.3 Å². The maximum atomic E-state index is 11.0. The number of nitrogens with zero attached hydrogens (tertiary/aromatic N) is 4. The average Bonchev–Trinajstić information content (AvgIpc) is 2.78. The number of nitrogens with two attached hydrogens (primary N) is 1. The molecule has 0 bridgehead atoms. The third-order valence-electron chi connectivity index (χ3n) is 2.92. The molecule has 0 aliphatic rings. The Morgan fingerprint density at radius 1 is 1.38 bits per heavy atom. The number of hydrogen-bond acceptors (Lipinski definition) is 5. The fourth-order valence-electron chi connectivity index (χ4n) is 2.06. The summed E-state index contributed by atoms with van der Waals surface area (Å²) in [6, 6.07) is 5.48. The van der Waals surface area contributed by atoms with Gasteiger partial charge in [0.05, 0.1) is 0 Å². The minimum absolute atomic E-state index is 0.162. The van der Waals surface area contributed by atoms with Crippen LogP contribution in [0.2, 0.25) is 0 Å². The molecule has 0 aliphatic heterocycles. The molecule has 3 aromatic heterocycles. The first-order valence-corrected chi connectivity index (χ1v) is 6.87. The van der Waals surface area contributed by atoms with Gasteiger partial charge in [0, 0.05) is 24.2 Å². The predicted octanol–water partition coefficient (Wildman–Crippen LogP) is 2.09. The van der Waals surface area contributed by atoms with Gasteiger partial charge in [-0.1, -0.05) is 0 Å². The molecule has 0 unspecified atom stereocenters. The van der Waals surface area contributed by atoms with Crippen molar-refractivity contribution in [1.29, 1.82) is 0 Å². The molecule has 0 saturated carbocycles. The maximum absolute atomic E-state index is 11.0. The largest absolute Gasteiger partial charge is 0.382 e. The van der Waals surface area contributed by atoms with E-state index in [0.717, 1.165) is 15.7 Å². The molecule has 3 heterocycles. The number of amides is 1. The van der Waals surface area contributed by atoms with Gasteiger partial charge in [-0.3, -0.25) is 4.79 Å². The number of carbonyl (C=O) groups excluding carboxylic acids is 1. The summed E-state index contributed by atoms with van der Waals surface area (Å²) in [5.74, 6) is 0.722. The number of anilines is 2. The van der Waals surface area contributed by atoms with Crippen molar-refractivity contribution in [1.82, 2.24) is 19.6 Å². The number of rotatable bonds is 2.